The van der Waals surface area contributed by atoms with Gasteiger partial charge in [-0.3, -0.25) is 4.40 Å². The van der Waals surface area contributed by atoms with E-state index in [9.17, 15) is 9.90 Å². The molecule has 7 heteroatoms. The van der Waals surface area contributed by atoms with Crippen LogP contribution >= 0.6 is 0 Å². The molecule has 0 aliphatic carbocycles. The average molecular weight is 338 g/mol. The van der Waals surface area contributed by atoms with E-state index in [2.05, 4.69) is 29.1 Å². The van der Waals surface area contributed by atoms with E-state index in [0.29, 0.717) is 23.9 Å². The van der Waals surface area contributed by atoms with E-state index in [1.165, 1.54) is 0 Å². The van der Waals surface area contributed by atoms with E-state index < -0.39 is 5.97 Å². The smallest absolute Gasteiger partial charge is 0.358 e. The minimum absolute atomic E-state index is 0.133. The molecule has 0 spiro atoms. The van der Waals surface area contributed by atoms with Crippen molar-refractivity contribution in [1.29, 1.82) is 0 Å². The van der Waals surface area contributed by atoms with Crippen molar-refractivity contribution in [3.8, 4) is 5.75 Å². The van der Waals surface area contributed by atoms with Gasteiger partial charge in [0.15, 0.2) is 11.5 Å². The molecule has 0 saturated heterocycles. The molecule has 0 aliphatic rings. The lowest BCUT2D eigenvalue weighted by molar-refractivity contribution is 0.0692. The number of pyridine rings is 1. The van der Waals surface area contributed by atoms with Crippen molar-refractivity contribution in [3.63, 3.8) is 0 Å². The molecule has 3 aromatic rings. The van der Waals surface area contributed by atoms with Gasteiger partial charge >= 0.3 is 5.97 Å². The molecule has 1 aromatic carbocycles. The molecule has 25 heavy (non-hydrogen) atoms. The van der Waals surface area contributed by atoms with E-state index in [-0.39, 0.29) is 11.5 Å². The Kier molecular flexibility index (Phi) is 4.74. The lowest BCUT2D eigenvalue weighted by Crippen LogP contribution is -2.03. The van der Waals surface area contributed by atoms with Crippen molar-refractivity contribution < 1.29 is 14.6 Å². The number of ether oxygens (including phenoxy) is 1. The van der Waals surface area contributed by atoms with Gasteiger partial charge < -0.3 is 9.84 Å². The molecule has 0 fully saturated rings. The monoisotopic (exact) mass is 338 g/mol. The summed E-state index contributed by atoms with van der Waals surface area (Å²) in [6.07, 6.45) is 1.70. The Balaban J connectivity index is 1.85. The molecule has 2 heterocycles. The van der Waals surface area contributed by atoms with Gasteiger partial charge in [-0.05, 0) is 42.3 Å². The molecule has 0 aliphatic heterocycles. The standard InChI is InChI=1S/C18H18N4O3/c1-12(2)11-25-14-8-6-13(7-9-14)20-21-17-16(18(23)24)19-15-5-3-4-10-22(15)17/h3-10,12H,11H2,1-2H3,(H,23,24). The van der Waals surface area contributed by atoms with Gasteiger partial charge in [0.2, 0.25) is 0 Å². The first-order valence-corrected chi connectivity index (χ1v) is 7.89. The van der Waals surface area contributed by atoms with Gasteiger partial charge in [-0.15, -0.1) is 10.2 Å². The zero-order chi connectivity index (χ0) is 17.8. The number of rotatable bonds is 6. The highest BCUT2D eigenvalue weighted by molar-refractivity contribution is 5.91. The van der Waals surface area contributed by atoms with Crippen molar-refractivity contribution in [3.05, 3.63) is 54.4 Å². The predicted octanol–water partition coefficient (Wildman–Crippen LogP) is 4.48. The lowest BCUT2D eigenvalue weighted by Gasteiger charge is -2.08. The van der Waals surface area contributed by atoms with Gasteiger partial charge in [0.1, 0.15) is 11.4 Å². The third-order valence-electron chi connectivity index (χ3n) is 3.39. The predicted molar refractivity (Wildman–Crippen MR) is 93.1 cm³/mol. The van der Waals surface area contributed by atoms with Gasteiger partial charge in [-0.1, -0.05) is 19.9 Å². The Morgan fingerprint density at radius 3 is 2.64 bits per heavy atom. The summed E-state index contributed by atoms with van der Waals surface area (Å²) in [5, 5.41) is 17.5. The Morgan fingerprint density at radius 2 is 1.96 bits per heavy atom. The fourth-order valence-corrected chi connectivity index (χ4v) is 2.20. The van der Waals surface area contributed by atoms with E-state index in [4.69, 9.17) is 4.74 Å². The number of carboxylic acid groups (broad SMARTS) is 1. The summed E-state index contributed by atoms with van der Waals surface area (Å²) in [5.74, 6) is 0.246. The average Bonchev–Trinajstić information content (AvgIpc) is 2.98. The number of hydrogen-bond acceptors (Lipinski definition) is 5. The van der Waals surface area contributed by atoms with Gasteiger partial charge in [0.05, 0.1) is 12.3 Å². The SMILES string of the molecule is CC(C)COc1ccc(N=Nc2c(C(=O)O)nc3ccccn23)cc1. The van der Waals surface area contributed by atoms with Gasteiger partial charge in [0, 0.05) is 6.20 Å². The zero-order valence-corrected chi connectivity index (χ0v) is 14.0. The van der Waals surface area contributed by atoms with Crippen LogP contribution in [0.4, 0.5) is 11.5 Å². The van der Waals surface area contributed by atoms with Crippen LogP contribution in [0.1, 0.15) is 24.3 Å². The minimum atomic E-state index is -1.14. The van der Waals surface area contributed by atoms with Gasteiger partial charge in [0.25, 0.3) is 0 Å². The van der Waals surface area contributed by atoms with Crippen LogP contribution in [0.25, 0.3) is 5.65 Å². The molecule has 0 atom stereocenters. The van der Waals surface area contributed by atoms with Crippen LogP contribution in [0.2, 0.25) is 0 Å². The Bertz CT molecular complexity index is 914. The Morgan fingerprint density at radius 1 is 1.20 bits per heavy atom. The second-order valence-corrected chi connectivity index (χ2v) is 5.92. The highest BCUT2D eigenvalue weighted by Gasteiger charge is 2.17. The highest BCUT2D eigenvalue weighted by Crippen LogP contribution is 2.25. The van der Waals surface area contributed by atoms with Crippen molar-refractivity contribution in [1.82, 2.24) is 9.38 Å². The zero-order valence-electron chi connectivity index (χ0n) is 14.0. The number of aromatic nitrogens is 2. The molecule has 0 amide bonds. The summed E-state index contributed by atoms with van der Waals surface area (Å²) in [6.45, 7) is 4.81. The number of nitrogens with zero attached hydrogens (tertiary/aromatic N) is 4. The van der Waals surface area contributed by atoms with Crippen LogP contribution in [0.3, 0.4) is 0 Å². The molecule has 0 bridgehead atoms. The number of aromatic carboxylic acids is 1. The third kappa shape index (κ3) is 3.82. The summed E-state index contributed by atoms with van der Waals surface area (Å²) in [6, 6.07) is 12.4. The van der Waals surface area contributed by atoms with E-state index in [1.807, 2.05) is 12.1 Å². The molecule has 1 N–H and O–H groups in total. The van der Waals surface area contributed by atoms with Crippen molar-refractivity contribution in [2.24, 2.45) is 16.1 Å². The van der Waals surface area contributed by atoms with Crippen LogP contribution in [-0.2, 0) is 0 Å². The fraction of sp³-hybridized carbons (Fsp3) is 0.222. The molecular weight excluding hydrogens is 320 g/mol. The normalized spacial score (nSPS) is 11.5. The Hall–Kier alpha value is -3.22. The van der Waals surface area contributed by atoms with Crippen LogP contribution in [-0.4, -0.2) is 27.1 Å². The van der Waals surface area contributed by atoms with Crippen LogP contribution < -0.4 is 4.74 Å². The maximum Gasteiger partial charge on any atom is 0.358 e. The van der Waals surface area contributed by atoms with Crippen molar-refractivity contribution in [2.45, 2.75) is 13.8 Å². The van der Waals surface area contributed by atoms with Crippen molar-refractivity contribution >= 4 is 23.1 Å². The summed E-state index contributed by atoms with van der Waals surface area (Å²) in [7, 11) is 0. The lowest BCUT2D eigenvalue weighted by atomic mass is 10.2. The Labute approximate surface area is 144 Å². The van der Waals surface area contributed by atoms with E-state index in [0.717, 1.165) is 5.75 Å². The van der Waals surface area contributed by atoms with Gasteiger partial charge in [-0.2, -0.15) is 0 Å². The van der Waals surface area contributed by atoms with Crippen LogP contribution in [0.15, 0.2) is 58.9 Å². The largest absolute Gasteiger partial charge is 0.493 e. The number of fused-ring (bicyclic) bond motifs is 1. The molecule has 0 saturated carbocycles. The number of benzene rings is 1. The number of hydrogen-bond donors (Lipinski definition) is 1. The summed E-state index contributed by atoms with van der Waals surface area (Å²) >= 11 is 0. The van der Waals surface area contributed by atoms with Crippen LogP contribution in [0, 0.1) is 5.92 Å². The number of azo groups is 1. The van der Waals surface area contributed by atoms with E-state index in [1.54, 1.807) is 40.9 Å². The molecule has 0 unspecified atom stereocenters. The molecule has 7 nitrogen and oxygen atoms in total. The van der Waals surface area contributed by atoms with Crippen molar-refractivity contribution in [2.75, 3.05) is 6.61 Å². The highest BCUT2D eigenvalue weighted by atomic mass is 16.5. The second kappa shape index (κ2) is 7.12. The summed E-state index contributed by atoms with van der Waals surface area (Å²) in [4.78, 5) is 15.4. The minimum Gasteiger partial charge on any atom is -0.493 e. The molecular formula is C18H18N4O3. The summed E-state index contributed by atoms with van der Waals surface area (Å²) in [5.41, 5.74) is 0.970. The molecule has 0 radical (unpaired) electrons. The molecule has 128 valence electrons. The molecule has 3 rings (SSSR count). The van der Waals surface area contributed by atoms with E-state index >= 15 is 0 Å². The first kappa shape index (κ1) is 16.6. The van der Waals surface area contributed by atoms with Gasteiger partial charge in [-0.25, -0.2) is 9.78 Å². The maximum atomic E-state index is 11.4. The fourth-order valence-electron chi connectivity index (χ4n) is 2.20. The third-order valence-corrected chi connectivity index (χ3v) is 3.39. The first-order valence-electron chi connectivity index (χ1n) is 7.89. The quantitative estimate of drug-likeness (QED) is 0.671. The second-order valence-electron chi connectivity index (χ2n) is 5.92. The van der Waals surface area contributed by atoms with Crippen LogP contribution in [0.5, 0.6) is 5.75 Å². The maximum absolute atomic E-state index is 11.4. The molecule has 2 aromatic heterocycles. The number of carbonyl (C=O) groups is 1. The summed E-state index contributed by atoms with van der Waals surface area (Å²) < 4.78 is 7.21. The number of imidazole rings is 1. The topological polar surface area (TPSA) is 88.5 Å². The number of carboxylic acids is 1. The first-order chi connectivity index (χ1) is 12.0.